The number of fused-ring (bicyclic) bond motifs is 5. The van der Waals surface area contributed by atoms with Gasteiger partial charge in [-0.3, -0.25) is 0 Å². The van der Waals surface area contributed by atoms with E-state index >= 15 is 0 Å². The molecule has 0 N–H and O–H groups in total. The molecule has 0 aliphatic heterocycles. The van der Waals surface area contributed by atoms with Gasteiger partial charge in [0.05, 0.1) is 5.41 Å². The van der Waals surface area contributed by atoms with Crippen molar-refractivity contribution >= 4 is 21.5 Å². The van der Waals surface area contributed by atoms with Crippen molar-refractivity contribution in [2.45, 2.75) is 46.0 Å². The molecular weight excluding hydrogens is 613 g/mol. The summed E-state index contributed by atoms with van der Waals surface area (Å²) in [4.78, 5) is 0. The average Bonchev–Trinajstić information content (AvgIpc) is 3.48. The summed E-state index contributed by atoms with van der Waals surface area (Å²) < 4.78 is 0. The van der Waals surface area contributed by atoms with E-state index in [-0.39, 0.29) is 0 Å². The van der Waals surface area contributed by atoms with Gasteiger partial charge in [0.25, 0.3) is 0 Å². The number of benzene rings is 8. The standard InChI is InChI=1S/C45H30.2C3H8/c1-3-17-35(18-4-1)45(36-19-5-2-6-20-36)43-29-33(39-23-11-15-31-13-7-9-21-37(31)39)25-27-41(43)42-28-26-34(30-44(42)45)40-24-12-16-32-14-8-10-22-38(32)40;2*1-3-2/h1-30H;2*3H2,1-2H3. The van der Waals surface area contributed by atoms with Gasteiger partial charge in [-0.15, -0.1) is 0 Å². The molecule has 0 nitrogen and oxygen atoms in total. The fourth-order valence-corrected chi connectivity index (χ4v) is 7.78. The van der Waals surface area contributed by atoms with E-state index in [0.717, 1.165) is 0 Å². The van der Waals surface area contributed by atoms with Crippen LogP contribution < -0.4 is 0 Å². The van der Waals surface area contributed by atoms with Gasteiger partial charge in [0.1, 0.15) is 0 Å². The van der Waals surface area contributed by atoms with Crippen molar-refractivity contribution in [3.8, 4) is 33.4 Å². The maximum atomic E-state index is 2.47. The van der Waals surface area contributed by atoms with Crippen molar-refractivity contribution in [1.82, 2.24) is 0 Å². The van der Waals surface area contributed by atoms with Gasteiger partial charge in [0, 0.05) is 0 Å². The van der Waals surface area contributed by atoms with Crippen LogP contribution in [0.25, 0.3) is 54.9 Å². The summed E-state index contributed by atoms with van der Waals surface area (Å²) in [7, 11) is 0. The van der Waals surface area contributed by atoms with Crippen LogP contribution in [-0.2, 0) is 5.41 Å². The highest BCUT2D eigenvalue weighted by Crippen LogP contribution is 2.57. The molecule has 0 radical (unpaired) electrons. The third kappa shape index (κ3) is 6.06. The topological polar surface area (TPSA) is 0 Å². The highest BCUT2D eigenvalue weighted by Gasteiger charge is 2.46. The molecule has 0 amide bonds. The molecule has 0 unspecified atom stereocenters. The zero-order valence-corrected chi connectivity index (χ0v) is 30.2. The van der Waals surface area contributed by atoms with Crippen LogP contribution in [0.5, 0.6) is 0 Å². The Labute approximate surface area is 304 Å². The molecule has 0 spiro atoms. The van der Waals surface area contributed by atoms with Gasteiger partial charge in [-0.2, -0.15) is 0 Å². The lowest BCUT2D eigenvalue weighted by atomic mass is 9.67. The zero-order valence-electron chi connectivity index (χ0n) is 30.2. The van der Waals surface area contributed by atoms with Crippen molar-refractivity contribution in [3.05, 3.63) is 204 Å². The van der Waals surface area contributed by atoms with Crippen LogP contribution in [0.1, 0.15) is 62.8 Å². The van der Waals surface area contributed by atoms with E-state index in [1.54, 1.807) is 0 Å². The van der Waals surface area contributed by atoms with Crippen molar-refractivity contribution in [1.29, 1.82) is 0 Å². The molecule has 0 bridgehead atoms. The van der Waals surface area contributed by atoms with Crippen molar-refractivity contribution in [2.75, 3.05) is 0 Å². The summed E-state index contributed by atoms with van der Waals surface area (Å²) in [6.45, 7) is 8.50. The van der Waals surface area contributed by atoms with Gasteiger partial charge in [0.15, 0.2) is 0 Å². The van der Waals surface area contributed by atoms with Crippen LogP contribution in [0.3, 0.4) is 0 Å². The Bertz CT molecular complexity index is 2220. The first kappa shape index (κ1) is 33.8. The van der Waals surface area contributed by atoms with Gasteiger partial charge in [-0.1, -0.05) is 210 Å². The van der Waals surface area contributed by atoms with E-state index in [2.05, 4.69) is 210 Å². The lowest BCUT2D eigenvalue weighted by Gasteiger charge is -2.34. The van der Waals surface area contributed by atoms with E-state index in [9.17, 15) is 0 Å². The molecular formula is C51H46. The Morgan fingerprint density at radius 2 is 0.686 bits per heavy atom. The van der Waals surface area contributed by atoms with E-state index in [1.165, 1.54) is 90.0 Å². The van der Waals surface area contributed by atoms with Gasteiger partial charge in [-0.05, 0) is 89.3 Å². The monoisotopic (exact) mass is 658 g/mol. The minimum absolute atomic E-state index is 0.478. The van der Waals surface area contributed by atoms with E-state index in [4.69, 9.17) is 0 Å². The highest BCUT2D eigenvalue weighted by molar-refractivity contribution is 6.00. The average molecular weight is 659 g/mol. The molecule has 0 aromatic heterocycles. The van der Waals surface area contributed by atoms with E-state index in [0.29, 0.717) is 0 Å². The summed E-state index contributed by atoms with van der Waals surface area (Å²) in [5, 5.41) is 5.07. The van der Waals surface area contributed by atoms with Crippen LogP contribution in [-0.4, -0.2) is 0 Å². The predicted octanol–water partition coefficient (Wildman–Crippen LogP) is 14.5. The Morgan fingerprint density at radius 3 is 1.10 bits per heavy atom. The Balaban J connectivity index is 0.000000635. The quantitative estimate of drug-likeness (QED) is 0.177. The van der Waals surface area contributed by atoms with Gasteiger partial charge in [0.2, 0.25) is 0 Å². The first-order valence-electron chi connectivity index (χ1n) is 18.5. The number of rotatable bonds is 4. The van der Waals surface area contributed by atoms with Crippen LogP contribution in [0, 0.1) is 0 Å². The second-order valence-corrected chi connectivity index (χ2v) is 13.5. The molecule has 0 fully saturated rings. The Morgan fingerprint density at radius 1 is 0.333 bits per heavy atom. The zero-order chi connectivity index (χ0) is 35.2. The minimum Gasteiger partial charge on any atom is -0.0656 e. The van der Waals surface area contributed by atoms with Crippen molar-refractivity contribution in [2.24, 2.45) is 0 Å². The summed E-state index contributed by atoms with van der Waals surface area (Å²) in [5.41, 5.74) is 12.3. The van der Waals surface area contributed by atoms with E-state index in [1.807, 2.05) is 0 Å². The second kappa shape index (κ2) is 15.0. The van der Waals surface area contributed by atoms with Crippen LogP contribution in [0.4, 0.5) is 0 Å². The largest absolute Gasteiger partial charge is 0.0713 e. The maximum Gasteiger partial charge on any atom is 0.0713 e. The SMILES string of the molecule is CCC.CCC.c1ccc(C2(c3ccccc3)c3cc(-c4cccc5ccccc45)ccc3-c3ccc(-c4cccc5ccccc45)cc32)cc1. The fourth-order valence-electron chi connectivity index (χ4n) is 7.78. The number of hydrogen-bond acceptors (Lipinski definition) is 0. The molecule has 1 aliphatic carbocycles. The molecule has 1 aliphatic rings. The summed E-state index contributed by atoms with van der Waals surface area (Å²) >= 11 is 0. The Kier molecular flexibility index (Phi) is 9.95. The second-order valence-electron chi connectivity index (χ2n) is 13.5. The first-order chi connectivity index (χ1) is 25.1. The van der Waals surface area contributed by atoms with Gasteiger partial charge in [-0.25, -0.2) is 0 Å². The smallest absolute Gasteiger partial charge is 0.0656 e. The van der Waals surface area contributed by atoms with Gasteiger partial charge < -0.3 is 0 Å². The first-order valence-corrected chi connectivity index (χ1v) is 18.5. The molecule has 8 aromatic carbocycles. The van der Waals surface area contributed by atoms with Crippen LogP contribution in [0.15, 0.2) is 182 Å². The van der Waals surface area contributed by atoms with Crippen LogP contribution in [0.2, 0.25) is 0 Å². The summed E-state index contributed by atoms with van der Waals surface area (Å²) in [6.07, 6.45) is 2.50. The predicted molar refractivity (Wildman–Crippen MR) is 222 cm³/mol. The van der Waals surface area contributed by atoms with Gasteiger partial charge >= 0.3 is 0 Å². The van der Waals surface area contributed by atoms with Crippen LogP contribution >= 0.6 is 0 Å². The molecule has 0 saturated carbocycles. The molecule has 0 heterocycles. The van der Waals surface area contributed by atoms with E-state index < -0.39 is 5.41 Å². The summed E-state index contributed by atoms with van der Waals surface area (Å²) in [5.74, 6) is 0. The minimum atomic E-state index is -0.478. The summed E-state index contributed by atoms with van der Waals surface area (Å²) in [6, 6.07) is 67.2. The molecule has 9 rings (SSSR count). The lowest BCUT2D eigenvalue weighted by Crippen LogP contribution is -2.28. The third-order valence-corrected chi connectivity index (χ3v) is 9.75. The van der Waals surface area contributed by atoms with Crippen molar-refractivity contribution < 1.29 is 0 Å². The normalized spacial score (nSPS) is 12.2. The molecule has 0 atom stereocenters. The molecule has 250 valence electrons. The molecule has 8 aromatic rings. The lowest BCUT2D eigenvalue weighted by molar-refractivity contribution is 0.769. The molecule has 0 heteroatoms. The molecule has 51 heavy (non-hydrogen) atoms. The molecule has 0 saturated heterocycles. The maximum absolute atomic E-state index is 2.47. The van der Waals surface area contributed by atoms with Crippen molar-refractivity contribution in [3.63, 3.8) is 0 Å². The third-order valence-electron chi connectivity index (χ3n) is 9.75. The Hall–Kier alpha value is -5.72. The highest BCUT2D eigenvalue weighted by atomic mass is 14.5. The number of hydrogen-bond donors (Lipinski definition) is 0. The fraction of sp³-hybridized carbons (Fsp3) is 0.137.